The van der Waals surface area contributed by atoms with E-state index in [4.69, 9.17) is 16.3 Å². The summed E-state index contributed by atoms with van der Waals surface area (Å²) in [5.74, 6) is 0.449. The van der Waals surface area contributed by atoms with Crippen LogP contribution in [0.4, 0.5) is 5.69 Å². The summed E-state index contributed by atoms with van der Waals surface area (Å²) in [6.07, 6.45) is 3.71. The fourth-order valence-electron chi connectivity index (χ4n) is 7.38. The van der Waals surface area contributed by atoms with Crippen LogP contribution in [0, 0.1) is 18.8 Å². The number of aliphatic hydroxyl groups excluding tert-OH is 1. The molecule has 4 heterocycles. The van der Waals surface area contributed by atoms with E-state index in [1.54, 1.807) is 0 Å². The Morgan fingerprint density at radius 3 is 2.70 bits per heavy atom. The number of nitrogens with one attached hydrogen (secondary N) is 1. The number of nitrogens with zero attached hydrogens (tertiary/aromatic N) is 3. The number of piperidine rings is 1. The van der Waals surface area contributed by atoms with E-state index in [0.717, 1.165) is 75.1 Å². The van der Waals surface area contributed by atoms with Gasteiger partial charge in [0.15, 0.2) is 0 Å². The molecular formula is C34H47ClN5O4+. The number of fused-ring (bicyclic) bond motifs is 1. The third kappa shape index (κ3) is 7.46. The maximum absolute atomic E-state index is 13.9. The third-order valence-electron chi connectivity index (χ3n) is 10.2. The number of ether oxygens (including phenoxy) is 1. The minimum Gasteiger partial charge on any atom is -0.356 e. The number of nitrogens with two attached hydrogens (primary N) is 1. The summed E-state index contributed by atoms with van der Waals surface area (Å²) in [6.45, 7) is 7.84. The number of rotatable bonds is 9. The lowest BCUT2D eigenvalue weighted by Crippen LogP contribution is -2.82. The molecule has 4 unspecified atom stereocenters. The average Bonchev–Trinajstić information content (AvgIpc) is 3.71. The van der Waals surface area contributed by atoms with Crippen LogP contribution in [0.15, 0.2) is 42.5 Å². The first-order chi connectivity index (χ1) is 21.3. The molecule has 3 saturated heterocycles. The normalized spacial score (nSPS) is 25.0. The molecular weight excluding hydrogens is 578 g/mol. The Morgan fingerprint density at radius 2 is 1.93 bits per heavy atom. The zero-order valence-corrected chi connectivity index (χ0v) is 26.6. The number of halogens is 1. The molecule has 0 aliphatic carbocycles. The predicted octanol–water partition coefficient (Wildman–Crippen LogP) is 2.59. The van der Waals surface area contributed by atoms with E-state index in [1.807, 2.05) is 53.1 Å². The molecule has 10 heteroatoms. The van der Waals surface area contributed by atoms with Gasteiger partial charge in [-0.25, -0.2) is 4.90 Å². The fraction of sp³-hybridized carbons (Fsp3) is 0.588. The van der Waals surface area contributed by atoms with Crippen LogP contribution in [0.2, 0.25) is 5.02 Å². The molecule has 2 aromatic carbocycles. The van der Waals surface area contributed by atoms with Gasteiger partial charge in [-0.15, -0.1) is 0 Å². The van der Waals surface area contributed by atoms with Crippen molar-refractivity contribution in [2.75, 3.05) is 51.3 Å². The van der Waals surface area contributed by atoms with Gasteiger partial charge in [0.05, 0.1) is 13.1 Å². The number of aryl methyl sites for hydroxylation is 2. The molecule has 0 saturated carbocycles. The van der Waals surface area contributed by atoms with E-state index in [9.17, 15) is 14.7 Å². The van der Waals surface area contributed by atoms with Gasteiger partial charge in [-0.1, -0.05) is 41.9 Å². The van der Waals surface area contributed by atoms with Crippen molar-refractivity contribution in [3.63, 3.8) is 0 Å². The van der Waals surface area contributed by atoms with Crippen LogP contribution in [0.25, 0.3) is 0 Å². The highest BCUT2D eigenvalue weighted by atomic mass is 35.5. The van der Waals surface area contributed by atoms with Crippen LogP contribution >= 0.6 is 11.6 Å². The number of para-hydroxylation sites is 1. The van der Waals surface area contributed by atoms with Gasteiger partial charge in [-0.3, -0.25) is 14.5 Å². The van der Waals surface area contributed by atoms with E-state index in [2.05, 4.69) is 21.6 Å². The Balaban J connectivity index is 1.05. The van der Waals surface area contributed by atoms with Gasteiger partial charge >= 0.3 is 0 Å². The first-order valence-corrected chi connectivity index (χ1v) is 16.8. The van der Waals surface area contributed by atoms with E-state index in [0.29, 0.717) is 49.6 Å². The molecule has 0 spiro atoms. The maximum Gasteiger partial charge on any atom is 0.252 e. The van der Waals surface area contributed by atoms with Crippen molar-refractivity contribution in [3.8, 4) is 0 Å². The molecule has 44 heavy (non-hydrogen) atoms. The molecule has 4 N–H and O–H groups in total. The molecule has 4 atom stereocenters. The molecule has 0 radical (unpaired) electrons. The number of aliphatic hydroxyl groups is 1. The van der Waals surface area contributed by atoms with Crippen molar-refractivity contribution in [1.29, 1.82) is 0 Å². The number of carbonyl (C=O) groups excluding carboxylic acids is 2. The summed E-state index contributed by atoms with van der Waals surface area (Å²) in [4.78, 5) is 33.1. The molecule has 4 aliphatic heterocycles. The lowest BCUT2D eigenvalue weighted by molar-refractivity contribution is -0.643. The number of amides is 2. The second-order valence-corrected chi connectivity index (χ2v) is 13.5. The quantitative estimate of drug-likeness (QED) is 0.371. The molecule has 0 bridgehead atoms. The number of carbonyl (C=O) groups is 2. The van der Waals surface area contributed by atoms with Crippen molar-refractivity contribution in [2.24, 2.45) is 11.8 Å². The van der Waals surface area contributed by atoms with Crippen LogP contribution in [0.5, 0.6) is 0 Å². The smallest absolute Gasteiger partial charge is 0.252 e. The minimum atomic E-state index is -1.17. The highest BCUT2D eigenvalue weighted by molar-refractivity contribution is 6.31. The van der Waals surface area contributed by atoms with Crippen molar-refractivity contribution in [3.05, 3.63) is 64.2 Å². The van der Waals surface area contributed by atoms with Crippen LogP contribution in [-0.2, 0) is 27.2 Å². The Morgan fingerprint density at radius 1 is 1.11 bits per heavy atom. The average molecular weight is 625 g/mol. The van der Waals surface area contributed by atoms with E-state index in [-0.39, 0.29) is 17.7 Å². The summed E-state index contributed by atoms with van der Waals surface area (Å²) in [7, 11) is 0. The number of hydrogen-bond donors (Lipinski definition) is 3. The largest absolute Gasteiger partial charge is 0.356 e. The van der Waals surface area contributed by atoms with E-state index in [1.165, 1.54) is 5.56 Å². The van der Waals surface area contributed by atoms with Gasteiger partial charge in [-0.2, -0.15) is 0 Å². The lowest BCUT2D eigenvalue weighted by Gasteiger charge is -2.37. The second-order valence-electron chi connectivity index (χ2n) is 13.1. The summed E-state index contributed by atoms with van der Waals surface area (Å²) >= 11 is 6.42. The van der Waals surface area contributed by atoms with E-state index < -0.39 is 12.5 Å². The molecule has 9 nitrogen and oxygen atoms in total. The Hall–Kier alpha value is -2.53. The summed E-state index contributed by atoms with van der Waals surface area (Å²) in [6, 6.07) is 14.3. The van der Waals surface area contributed by atoms with Crippen LogP contribution < -0.4 is 10.6 Å². The molecule has 2 aromatic rings. The van der Waals surface area contributed by atoms with Gasteiger partial charge < -0.3 is 25.4 Å². The standard InChI is InChI=1S/C34H46ClN5O4/c1-23-6-7-25(19-29(23)35)20-31(33(42)39-16-12-28(21-39)40-17-13-36-22-40)44-34(43)38-14-10-24(11-15-38)18-27-9-8-26-4-2-3-5-30(26)37-32(27)41/h2-7,19,24,27-28,31,34,36,43H,8-18,20-22H2,1H3,(H,37,41)/p+1. The Kier molecular flexibility index (Phi) is 10.2. The second kappa shape index (κ2) is 14.3. The van der Waals surface area contributed by atoms with Crippen LogP contribution in [0.1, 0.15) is 48.8 Å². The number of quaternary nitrogens is 1. The first-order valence-electron chi connectivity index (χ1n) is 16.4. The predicted molar refractivity (Wildman–Crippen MR) is 170 cm³/mol. The van der Waals surface area contributed by atoms with Gasteiger partial charge in [0.1, 0.15) is 12.8 Å². The van der Waals surface area contributed by atoms with E-state index >= 15 is 0 Å². The van der Waals surface area contributed by atoms with Crippen molar-refractivity contribution >= 4 is 29.1 Å². The monoisotopic (exact) mass is 624 g/mol. The van der Waals surface area contributed by atoms with Gasteiger partial charge in [-0.05, 0) is 80.2 Å². The topological polar surface area (TPSA) is 102 Å². The zero-order chi connectivity index (χ0) is 30.6. The third-order valence-corrected chi connectivity index (χ3v) is 10.6. The molecule has 3 fully saturated rings. The Labute approximate surface area is 265 Å². The first kappa shape index (κ1) is 31.5. The zero-order valence-electron chi connectivity index (χ0n) is 25.8. The van der Waals surface area contributed by atoms with Gasteiger partial charge in [0.2, 0.25) is 12.3 Å². The highest BCUT2D eigenvalue weighted by Gasteiger charge is 2.38. The van der Waals surface area contributed by atoms with Crippen LogP contribution in [-0.4, -0.2) is 96.1 Å². The highest BCUT2D eigenvalue weighted by Crippen LogP contribution is 2.32. The Bertz CT molecular complexity index is 1310. The number of likely N-dealkylation sites (tertiary alicyclic amines) is 2. The van der Waals surface area contributed by atoms with Crippen molar-refractivity contribution in [2.45, 2.75) is 70.4 Å². The van der Waals surface area contributed by atoms with Gasteiger partial charge in [0.25, 0.3) is 5.91 Å². The minimum absolute atomic E-state index is 0.00815. The SMILES string of the molecule is Cc1ccc(CC(OC(O)N2CCC(CC3CCc4ccccc4NC3=O)CC2)C(=O)N2CCC(N3CC[NH2+]C3)C2)cc1Cl. The summed E-state index contributed by atoms with van der Waals surface area (Å²) in [5.41, 5.74) is 4.04. The van der Waals surface area contributed by atoms with Crippen molar-refractivity contribution < 1.29 is 24.7 Å². The van der Waals surface area contributed by atoms with Crippen LogP contribution in [0.3, 0.4) is 0 Å². The van der Waals surface area contributed by atoms with Crippen molar-refractivity contribution in [1.82, 2.24) is 14.7 Å². The lowest BCUT2D eigenvalue weighted by atomic mass is 9.84. The number of benzene rings is 2. The number of hydrogen-bond acceptors (Lipinski definition) is 6. The maximum atomic E-state index is 13.9. The summed E-state index contributed by atoms with van der Waals surface area (Å²) in [5, 5.41) is 17.4. The fourth-order valence-corrected chi connectivity index (χ4v) is 7.58. The van der Waals surface area contributed by atoms with Gasteiger partial charge in [0, 0.05) is 55.3 Å². The molecule has 6 rings (SSSR count). The molecule has 2 amide bonds. The summed E-state index contributed by atoms with van der Waals surface area (Å²) < 4.78 is 6.22. The molecule has 4 aliphatic rings. The molecule has 238 valence electrons. The molecule has 0 aromatic heterocycles. The number of anilines is 1.